The molecule has 2 aliphatic carbocycles. The Hall–Kier alpha value is -3.01. The highest BCUT2D eigenvalue weighted by atomic mass is 16.5. The molecule has 0 amide bonds. The molecule has 0 heterocycles. The maximum atomic E-state index is 11.7. The third kappa shape index (κ3) is 4.06. The fourth-order valence-electron chi connectivity index (χ4n) is 5.23. The number of esters is 1. The van der Waals surface area contributed by atoms with Crippen molar-refractivity contribution >= 4 is 5.97 Å². The van der Waals surface area contributed by atoms with Crippen LogP contribution in [0.2, 0.25) is 0 Å². The average Bonchev–Trinajstić information content (AvgIpc) is 3.47. The molecule has 4 unspecified atom stereocenters. The third-order valence-electron chi connectivity index (χ3n) is 6.91. The van der Waals surface area contributed by atoms with Gasteiger partial charge in [0.1, 0.15) is 17.6 Å². The molecule has 0 aromatic heterocycles. The minimum atomic E-state index is -0.213. The van der Waals surface area contributed by atoms with E-state index < -0.39 is 0 Å². The Morgan fingerprint density at radius 3 is 2.78 bits per heavy atom. The molecule has 0 spiro atoms. The van der Waals surface area contributed by atoms with Crippen LogP contribution in [0.5, 0.6) is 11.5 Å². The molecular formula is C28H32O4. The summed E-state index contributed by atoms with van der Waals surface area (Å²) >= 11 is 0. The van der Waals surface area contributed by atoms with Crippen molar-refractivity contribution < 1.29 is 19.4 Å². The van der Waals surface area contributed by atoms with Gasteiger partial charge in [0.2, 0.25) is 0 Å². The molecule has 4 nitrogen and oxygen atoms in total. The number of carbonyl (C=O) groups excluding carboxylic acids is 1. The summed E-state index contributed by atoms with van der Waals surface area (Å²) in [6, 6.07) is 11.9. The van der Waals surface area contributed by atoms with E-state index in [-0.39, 0.29) is 35.1 Å². The van der Waals surface area contributed by atoms with Crippen LogP contribution in [-0.2, 0) is 21.4 Å². The van der Waals surface area contributed by atoms with Crippen molar-refractivity contribution in [2.24, 2.45) is 5.92 Å². The van der Waals surface area contributed by atoms with Gasteiger partial charge in [0.25, 0.3) is 0 Å². The molecule has 0 saturated heterocycles. The van der Waals surface area contributed by atoms with Gasteiger partial charge in [0.05, 0.1) is 13.0 Å². The van der Waals surface area contributed by atoms with Crippen LogP contribution in [0.25, 0.3) is 0 Å². The first-order chi connectivity index (χ1) is 15.4. The van der Waals surface area contributed by atoms with E-state index in [1.807, 2.05) is 18.2 Å². The molecule has 0 aliphatic heterocycles. The van der Waals surface area contributed by atoms with Crippen molar-refractivity contribution in [3.8, 4) is 11.5 Å². The first-order valence-corrected chi connectivity index (χ1v) is 11.4. The summed E-state index contributed by atoms with van der Waals surface area (Å²) in [6.07, 6.45) is 9.77. The Balaban J connectivity index is 1.54. The Bertz CT molecular complexity index is 1050. The number of hydrogen-bond donors (Lipinski definition) is 1. The molecule has 1 saturated carbocycles. The van der Waals surface area contributed by atoms with E-state index in [1.54, 1.807) is 6.07 Å². The van der Waals surface area contributed by atoms with Crippen LogP contribution in [-0.4, -0.2) is 18.2 Å². The Labute approximate surface area is 190 Å². The first kappa shape index (κ1) is 22.2. The molecule has 0 radical (unpaired) electrons. The largest absolute Gasteiger partial charge is 0.508 e. The van der Waals surface area contributed by atoms with Crippen LogP contribution >= 0.6 is 0 Å². The second-order valence-corrected chi connectivity index (χ2v) is 9.12. The topological polar surface area (TPSA) is 55.8 Å². The summed E-state index contributed by atoms with van der Waals surface area (Å²) in [5, 5.41) is 10.6. The predicted octanol–water partition coefficient (Wildman–Crippen LogP) is 6.14. The molecule has 2 aromatic rings. The second-order valence-electron chi connectivity index (χ2n) is 9.12. The molecule has 1 fully saturated rings. The zero-order chi connectivity index (χ0) is 22.9. The lowest BCUT2D eigenvalue weighted by Crippen LogP contribution is -2.20. The standard InChI is InChI=1S/C28H32O4/c1-5-14-28(3,15-6-2)24-9-7-8-21-19(24)12-13-26(21)32-18-10-11-20(25(29)16-18)22-17-23(22)27(30)31-4/h5-11,15-16,22-23,26,29H,1,12-14,17H2,2-4H3. The van der Waals surface area contributed by atoms with Crippen molar-refractivity contribution in [2.45, 2.75) is 57.0 Å². The quantitative estimate of drug-likeness (QED) is 0.402. The van der Waals surface area contributed by atoms with Crippen molar-refractivity contribution in [3.63, 3.8) is 0 Å². The van der Waals surface area contributed by atoms with E-state index in [1.165, 1.54) is 23.8 Å². The van der Waals surface area contributed by atoms with Gasteiger partial charge in [-0.25, -0.2) is 0 Å². The average molecular weight is 433 g/mol. The van der Waals surface area contributed by atoms with E-state index in [0.717, 1.165) is 31.2 Å². The summed E-state index contributed by atoms with van der Waals surface area (Å²) in [7, 11) is 1.40. The van der Waals surface area contributed by atoms with Crippen LogP contribution in [0.1, 0.15) is 67.4 Å². The minimum absolute atomic E-state index is 0.0282. The maximum Gasteiger partial charge on any atom is 0.309 e. The van der Waals surface area contributed by atoms with Gasteiger partial charge >= 0.3 is 5.97 Å². The number of phenolic OH excluding ortho intramolecular Hbond substituents is 1. The van der Waals surface area contributed by atoms with Crippen molar-refractivity contribution in [1.82, 2.24) is 0 Å². The molecule has 1 N–H and O–H groups in total. The Morgan fingerprint density at radius 1 is 1.28 bits per heavy atom. The highest BCUT2D eigenvalue weighted by Crippen LogP contribution is 2.51. The number of allylic oxidation sites excluding steroid dienone is 3. The molecule has 32 heavy (non-hydrogen) atoms. The lowest BCUT2D eigenvalue weighted by atomic mass is 9.76. The first-order valence-electron chi connectivity index (χ1n) is 11.4. The number of benzene rings is 2. The van der Waals surface area contributed by atoms with Gasteiger partial charge in [-0.1, -0.05) is 49.4 Å². The lowest BCUT2D eigenvalue weighted by Gasteiger charge is -2.28. The zero-order valence-electron chi connectivity index (χ0n) is 19.1. The van der Waals surface area contributed by atoms with Gasteiger partial charge in [-0.05, 0) is 60.9 Å². The number of methoxy groups -OCH3 is 1. The van der Waals surface area contributed by atoms with Crippen LogP contribution in [0, 0.1) is 5.92 Å². The molecule has 2 aliphatic rings. The van der Waals surface area contributed by atoms with E-state index in [9.17, 15) is 9.90 Å². The molecule has 168 valence electrons. The second kappa shape index (κ2) is 8.85. The summed E-state index contributed by atoms with van der Waals surface area (Å²) in [4.78, 5) is 11.7. The number of rotatable bonds is 8. The van der Waals surface area contributed by atoms with Gasteiger partial charge in [-0.2, -0.15) is 0 Å². The number of hydrogen-bond acceptors (Lipinski definition) is 4. The van der Waals surface area contributed by atoms with Crippen molar-refractivity contribution in [1.29, 1.82) is 0 Å². The lowest BCUT2D eigenvalue weighted by molar-refractivity contribution is -0.142. The normalized spacial score (nSPS) is 23.4. The van der Waals surface area contributed by atoms with Crippen molar-refractivity contribution in [3.05, 3.63) is 83.5 Å². The fraction of sp³-hybridized carbons (Fsp3) is 0.393. The van der Waals surface area contributed by atoms with Crippen LogP contribution in [0.4, 0.5) is 0 Å². The summed E-state index contributed by atoms with van der Waals surface area (Å²) < 4.78 is 11.2. The monoisotopic (exact) mass is 432 g/mol. The van der Waals surface area contributed by atoms with E-state index >= 15 is 0 Å². The Morgan fingerprint density at radius 2 is 2.09 bits per heavy atom. The molecular weight excluding hydrogens is 400 g/mol. The number of aromatic hydroxyl groups is 1. The maximum absolute atomic E-state index is 11.7. The van der Waals surface area contributed by atoms with Crippen LogP contribution in [0.3, 0.4) is 0 Å². The third-order valence-corrected chi connectivity index (χ3v) is 6.91. The van der Waals surface area contributed by atoms with Gasteiger partial charge in [0, 0.05) is 17.4 Å². The number of ether oxygens (including phenoxy) is 2. The number of phenols is 1. The smallest absolute Gasteiger partial charge is 0.309 e. The zero-order valence-corrected chi connectivity index (χ0v) is 19.1. The van der Waals surface area contributed by atoms with Gasteiger partial charge in [-0.15, -0.1) is 6.58 Å². The van der Waals surface area contributed by atoms with E-state index in [2.05, 4.69) is 50.8 Å². The van der Waals surface area contributed by atoms with Crippen LogP contribution < -0.4 is 4.74 Å². The summed E-state index contributed by atoms with van der Waals surface area (Å²) in [5.74, 6) is 0.485. The van der Waals surface area contributed by atoms with Gasteiger partial charge in [-0.3, -0.25) is 4.79 Å². The Kier molecular flexibility index (Phi) is 6.14. The SMILES string of the molecule is C=CCC(C)(C=CC)c1cccc2c1CCC2Oc1ccc(C2CC2C(=O)OC)c(O)c1. The minimum Gasteiger partial charge on any atom is -0.508 e. The highest BCUT2D eigenvalue weighted by Gasteiger charge is 2.46. The predicted molar refractivity (Wildman–Crippen MR) is 126 cm³/mol. The highest BCUT2D eigenvalue weighted by molar-refractivity contribution is 5.77. The summed E-state index contributed by atoms with van der Waals surface area (Å²) in [5.41, 5.74) is 4.61. The molecule has 4 atom stereocenters. The fourth-order valence-corrected chi connectivity index (χ4v) is 5.23. The molecule has 4 rings (SSSR count). The summed E-state index contributed by atoms with van der Waals surface area (Å²) in [6.45, 7) is 8.28. The molecule has 4 heteroatoms. The van der Waals surface area contributed by atoms with Gasteiger partial charge < -0.3 is 14.6 Å². The molecule has 0 bridgehead atoms. The van der Waals surface area contributed by atoms with E-state index in [0.29, 0.717) is 5.75 Å². The number of carbonyl (C=O) groups is 1. The van der Waals surface area contributed by atoms with Crippen LogP contribution in [0.15, 0.2) is 61.2 Å². The molecule has 2 aromatic carbocycles. The van der Waals surface area contributed by atoms with Crippen molar-refractivity contribution in [2.75, 3.05) is 7.11 Å². The number of fused-ring (bicyclic) bond motifs is 1. The van der Waals surface area contributed by atoms with E-state index in [4.69, 9.17) is 9.47 Å². The van der Waals surface area contributed by atoms with Gasteiger partial charge in [0.15, 0.2) is 0 Å².